The van der Waals surface area contributed by atoms with Gasteiger partial charge in [0.15, 0.2) is 0 Å². The van der Waals surface area contributed by atoms with Crippen LogP contribution in [0.25, 0.3) is 10.9 Å². The average Bonchev–Trinajstić information content (AvgIpc) is 3.24. The van der Waals surface area contributed by atoms with E-state index in [1.165, 1.54) is 7.11 Å². The second kappa shape index (κ2) is 13.8. The molecule has 11 heteroatoms. The number of nitrogens with one attached hydrogen (secondary N) is 4. The first-order chi connectivity index (χ1) is 16.7. The van der Waals surface area contributed by atoms with E-state index in [9.17, 15) is 19.5 Å². The number of rotatable bonds is 14. The summed E-state index contributed by atoms with van der Waals surface area (Å²) in [7, 11) is 1.24. The first kappa shape index (κ1) is 28.2. The lowest BCUT2D eigenvalue weighted by Gasteiger charge is -2.25. The van der Waals surface area contributed by atoms with E-state index < -0.39 is 42.0 Å². The number of amides is 2. The van der Waals surface area contributed by atoms with E-state index in [1.807, 2.05) is 38.1 Å². The summed E-state index contributed by atoms with van der Waals surface area (Å²) in [6.07, 6.45) is 0.687. The quantitative estimate of drug-likeness (QED) is 0.132. The maximum absolute atomic E-state index is 13.1. The van der Waals surface area contributed by atoms with E-state index >= 15 is 0 Å². The fourth-order valence-corrected chi connectivity index (χ4v) is 3.74. The molecule has 194 valence electrons. The van der Waals surface area contributed by atoms with Crippen LogP contribution in [-0.4, -0.2) is 84.0 Å². The number of H-pyrrole nitrogens is 1. The van der Waals surface area contributed by atoms with Gasteiger partial charge >= 0.3 is 5.97 Å². The van der Waals surface area contributed by atoms with Crippen LogP contribution in [0.15, 0.2) is 30.5 Å². The largest absolute Gasteiger partial charge is 0.467 e. The van der Waals surface area contributed by atoms with Crippen LogP contribution in [0.4, 0.5) is 0 Å². The van der Waals surface area contributed by atoms with Gasteiger partial charge in [-0.2, -0.15) is 0 Å². The number of hydrogen-bond donors (Lipinski definition) is 7. The van der Waals surface area contributed by atoms with Crippen LogP contribution in [-0.2, 0) is 25.5 Å². The number of esters is 1. The number of aromatic amines is 1. The molecule has 2 aromatic rings. The molecule has 0 spiro atoms. The van der Waals surface area contributed by atoms with Crippen molar-refractivity contribution in [1.82, 2.24) is 20.9 Å². The number of aromatic nitrogens is 1. The second-order valence-electron chi connectivity index (χ2n) is 8.88. The van der Waals surface area contributed by atoms with E-state index in [1.54, 1.807) is 6.20 Å². The van der Waals surface area contributed by atoms with Crippen molar-refractivity contribution in [1.29, 1.82) is 0 Å². The van der Waals surface area contributed by atoms with Gasteiger partial charge in [-0.1, -0.05) is 32.0 Å². The molecule has 1 aromatic heterocycles. The molecule has 35 heavy (non-hydrogen) atoms. The molecule has 1 aromatic carbocycles. The number of carbonyl (C=O) groups excluding carboxylic acids is 3. The molecule has 11 nitrogen and oxygen atoms in total. The molecular weight excluding hydrogens is 454 g/mol. The maximum Gasteiger partial charge on any atom is 0.328 e. The molecule has 0 radical (unpaired) electrons. The highest BCUT2D eigenvalue weighted by atomic mass is 16.5. The van der Waals surface area contributed by atoms with Gasteiger partial charge in [-0.05, 0) is 24.0 Å². The summed E-state index contributed by atoms with van der Waals surface area (Å²) < 4.78 is 4.90. The molecular formula is C24H37N5O6. The third-order valence-corrected chi connectivity index (χ3v) is 5.58. The molecule has 0 fully saturated rings. The Morgan fingerprint density at radius 2 is 1.80 bits per heavy atom. The topological polar surface area (TPSA) is 179 Å². The molecule has 4 atom stereocenters. The van der Waals surface area contributed by atoms with Crippen LogP contribution in [0.5, 0.6) is 0 Å². The zero-order valence-electron chi connectivity index (χ0n) is 20.4. The summed E-state index contributed by atoms with van der Waals surface area (Å²) in [5.41, 5.74) is 7.59. The van der Waals surface area contributed by atoms with Gasteiger partial charge < -0.3 is 41.6 Å². The molecule has 0 unspecified atom stereocenters. The van der Waals surface area contributed by atoms with Crippen LogP contribution < -0.4 is 21.7 Å². The summed E-state index contributed by atoms with van der Waals surface area (Å²) in [6.45, 7) is 4.04. The van der Waals surface area contributed by atoms with Gasteiger partial charge in [0, 0.05) is 36.6 Å². The van der Waals surface area contributed by atoms with Crippen molar-refractivity contribution in [2.24, 2.45) is 11.7 Å². The van der Waals surface area contributed by atoms with Gasteiger partial charge in [0.1, 0.15) is 18.2 Å². The number of nitrogens with two attached hydrogens (primary N) is 1. The van der Waals surface area contributed by atoms with Gasteiger partial charge in [-0.15, -0.1) is 0 Å². The molecule has 0 saturated heterocycles. The summed E-state index contributed by atoms with van der Waals surface area (Å²) >= 11 is 0. The molecule has 0 aliphatic rings. The Morgan fingerprint density at radius 1 is 1.11 bits per heavy atom. The molecule has 0 aliphatic heterocycles. The maximum atomic E-state index is 13.1. The van der Waals surface area contributed by atoms with Gasteiger partial charge in [-0.3, -0.25) is 9.59 Å². The molecule has 0 aliphatic carbocycles. The molecule has 0 saturated carbocycles. The van der Waals surface area contributed by atoms with Crippen molar-refractivity contribution in [3.8, 4) is 0 Å². The number of hydrogen-bond acceptors (Lipinski definition) is 8. The lowest BCUT2D eigenvalue weighted by atomic mass is 10.0. The number of para-hydroxylation sites is 1. The van der Waals surface area contributed by atoms with Gasteiger partial charge in [0.05, 0.1) is 19.8 Å². The predicted octanol–water partition coefficient (Wildman–Crippen LogP) is -0.831. The summed E-state index contributed by atoms with van der Waals surface area (Å²) in [5, 5.41) is 28.1. The Balaban J connectivity index is 2.12. The number of carbonyl (C=O) groups is 3. The molecule has 0 bridgehead atoms. The Labute approximate surface area is 204 Å². The Hall–Kier alpha value is -2.99. The number of benzene rings is 1. The van der Waals surface area contributed by atoms with E-state index in [0.29, 0.717) is 0 Å². The SMILES string of the molecule is COC(=O)[C@H](Cc1c[nH]c2ccccc12)NC(=O)[C@H](CC(C)C)NC(=O)[C@@H](O)[C@H](N)CNCCO. The van der Waals surface area contributed by atoms with Crippen LogP contribution in [0, 0.1) is 5.92 Å². The molecule has 2 rings (SSSR count). The summed E-state index contributed by atoms with van der Waals surface area (Å²) in [6, 6.07) is 4.69. The molecule has 8 N–H and O–H groups in total. The van der Waals surface area contributed by atoms with E-state index in [4.69, 9.17) is 15.6 Å². The fraction of sp³-hybridized carbons (Fsp3) is 0.542. The first-order valence-corrected chi connectivity index (χ1v) is 11.7. The minimum Gasteiger partial charge on any atom is -0.467 e. The minimum absolute atomic E-state index is 0.0354. The van der Waals surface area contributed by atoms with Crippen LogP contribution >= 0.6 is 0 Å². The number of aliphatic hydroxyl groups is 2. The third kappa shape index (κ3) is 8.32. The lowest BCUT2D eigenvalue weighted by molar-refractivity contribution is -0.145. The molecule has 2 amide bonds. The monoisotopic (exact) mass is 491 g/mol. The predicted molar refractivity (Wildman–Crippen MR) is 131 cm³/mol. The minimum atomic E-state index is -1.56. The number of ether oxygens (including phenoxy) is 1. The standard InChI is InChI=1S/C24H37N5O6/c1-14(2)10-19(28-23(33)21(31)17(25)13-26-8-9-30)22(32)29-20(24(34)35-3)11-15-12-27-18-7-5-4-6-16(15)18/h4-7,12,14,17,19-21,26-27,30-31H,8-11,13,25H2,1-3H3,(H,28,33)(H,29,32)/t17-,19+,20+,21+/m1/s1. The van der Waals surface area contributed by atoms with Crippen molar-refractivity contribution in [2.75, 3.05) is 26.8 Å². The van der Waals surface area contributed by atoms with Crippen molar-refractivity contribution >= 4 is 28.7 Å². The van der Waals surface area contributed by atoms with Crippen molar-refractivity contribution in [2.45, 2.75) is 50.9 Å². The zero-order chi connectivity index (χ0) is 26.0. The van der Waals surface area contributed by atoms with E-state index in [0.717, 1.165) is 16.5 Å². The molecule has 1 heterocycles. The Bertz CT molecular complexity index is 978. The van der Waals surface area contributed by atoms with E-state index in [-0.39, 0.29) is 38.5 Å². The normalized spacial score (nSPS) is 14.8. The highest BCUT2D eigenvalue weighted by Gasteiger charge is 2.31. The second-order valence-corrected chi connectivity index (χ2v) is 8.88. The van der Waals surface area contributed by atoms with Crippen molar-refractivity contribution in [3.63, 3.8) is 0 Å². The third-order valence-electron chi connectivity index (χ3n) is 5.58. The Kier molecular flexibility index (Phi) is 11.1. The fourth-order valence-electron chi connectivity index (χ4n) is 3.74. The zero-order valence-corrected chi connectivity index (χ0v) is 20.4. The van der Waals surface area contributed by atoms with Crippen molar-refractivity contribution in [3.05, 3.63) is 36.0 Å². The average molecular weight is 492 g/mol. The van der Waals surface area contributed by atoms with Gasteiger partial charge in [0.2, 0.25) is 5.91 Å². The van der Waals surface area contributed by atoms with Crippen LogP contribution in [0.3, 0.4) is 0 Å². The summed E-state index contributed by atoms with van der Waals surface area (Å²) in [4.78, 5) is 41.4. The number of aliphatic hydroxyl groups excluding tert-OH is 2. The smallest absolute Gasteiger partial charge is 0.328 e. The van der Waals surface area contributed by atoms with Crippen molar-refractivity contribution < 1.29 is 29.3 Å². The highest BCUT2D eigenvalue weighted by molar-refractivity contribution is 5.92. The van der Waals surface area contributed by atoms with Gasteiger partial charge in [0.25, 0.3) is 5.91 Å². The summed E-state index contributed by atoms with van der Waals surface area (Å²) in [5.74, 6) is -1.94. The lowest BCUT2D eigenvalue weighted by Crippen LogP contribution is -2.57. The van der Waals surface area contributed by atoms with E-state index in [2.05, 4.69) is 20.9 Å². The first-order valence-electron chi connectivity index (χ1n) is 11.7. The highest BCUT2D eigenvalue weighted by Crippen LogP contribution is 2.19. The Morgan fingerprint density at radius 3 is 2.46 bits per heavy atom. The number of fused-ring (bicyclic) bond motifs is 1. The van der Waals surface area contributed by atoms with Crippen LogP contribution in [0.1, 0.15) is 25.8 Å². The van der Waals surface area contributed by atoms with Crippen LogP contribution in [0.2, 0.25) is 0 Å². The number of methoxy groups -OCH3 is 1. The van der Waals surface area contributed by atoms with Gasteiger partial charge in [-0.25, -0.2) is 4.79 Å².